The summed E-state index contributed by atoms with van der Waals surface area (Å²) in [7, 11) is 0. The molecule has 0 saturated carbocycles. The molecule has 2 aromatic carbocycles. The summed E-state index contributed by atoms with van der Waals surface area (Å²) in [5.41, 5.74) is -15.2. The van der Waals surface area contributed by atoms with Crippen molar-refractivity contribution in [1.82, 2.24) is 19.9 Å². The van der Waals surface area contributed by atoms with Gasteiger partial charge < -0.3 is 0 Å². The molecule has 0 saturated heterocycles. The molecule has 4 aromatic rings. The fraction of sp³-hybridized carbons (Fsp3) is 0.143. The molecule has 0 N–H and O–H groups in total. The van der Waals surface area contributed by atoms with Crippen molar-refractivity contribution in [3.05, 3.63) is 93.8 Å². The van der Waals surface area contributed by atoms with Crippen molar-refractivity contribution in [2.24, 2.45) is 9.98 Å². The predicted octanol–water partition coefficient (Wildman–Crippen LogP) is 7.63. The van der Waals surface area contributed by atoms with Crippen molar-refractivity contribution < 1.29 is 52.7 Å². The van der Waals surface area contributed by atoms with Crippen molar-refractivity contribution in [2.45, 2.75) is 24.7 Å². The number of alkyl halides is 12. The van der Waals surface area contributed by atoms with Gasteiger partial charge in [0.1, 0.15) is 45.6 Å². The van der Waals surface area contributed by atoms with Crippen molar-refractivity contribution >= 4 is 11.4 Å². The van der Waals surface area contributed by atoms with Gasteiger partial charge in [-0.05, 0) is 24.3 Å². The summed E-state index contributed by atoms with van der Waals surface area (Å²) in [5, 5.41) is 18.7. The Morgan fingerprint density at radius 1 is 0.417 bits per heavy atom. The fourth-order valence-corrected chi connectivity index (χ4v) is 4.50. The van der Waals surface area contributed by atoms with Crippen LogP contribution in [0.15, 0.2) is 58.5 Å². The Balaban J connectivity index is 1.84. The Morgan fingerprint density at radius 2 is 0.708 bits per heavy atom. The molecule has 8 nitrogen and oxygen atoms in total. The van der Waals surface area contributed by atoms with Gasteiger partial charge in [0, 0.05) is 11.1 Å². The van der Waals surface area contributed by atoms with Crippen LogP contribution in [0.25, 0.3) is 22.5 Å². The van der Waals surface area contributed by atoms with Crippen LogP contribution < -0.4 is 0 Å². The van der Waals surface area contributed by atoms with E-state index in [9.17, 15) is 63.2 Å². The van der Waals surface area contributed by atoms with Crippen LogP contribution >= 0.6 is 0 Å². The lowest BCUT2D eigenvalue weighted by Crippen LogP contribution is -2.31. The van der Waals surface area contributed by atoms with Crippen LogP contribution in [-0.2, 0) is 24.7 Å². The van der Waals surface area contributed by atoms with E-state index >= 15 is 0 Å². The lowest BCUT2D eigenvalue weighted by Gasteiger charge is -2.24. The highest BCUT2D eigenvalue weighted by atomic mass is 19.4. The van der Waals surface area contributed by atoms with Crippen LogP contribution in [0.4, 0.5) is 52.7 Å². The molecule has 20 heteroatoms. The van der Waals surface area contributed by atoms with E-state index in [1.165, 1.54) is 12.4 Å². The quantitative estimate of drug-likeness (QED) is 0.139. The van der Waals surface area contributed by atoms with Gasteiger partial charge in [-0.2, -0.15) is 73.2 Å². The Kier molecular flexibility index (Phi) is 7.94. The number of aliphatic imine (C=N–C) groups is 2. The first-order chi connectivity index (χ1) is 22.3. The molecule has 0 radical (unpaired) electrons. The van der Waals surface area contributed by atoms with Crippen molar-refractivity contribution in [1.29, 1.82) is 10.5 Å². The van der Waals surface area contributed by atoms with Crippen molar-refractivity contribution in [3.8, 4) is 34.9 Å². The third kappa shape index (κ3) is 6.11. The number of halogens is 12. The largest absolute Gasteiger partial charge is 0.435 e. The van der Waals surface area contributed by atoms with Gasteiger partial charge in [-0.15, -0.1) is 0 Å². The molecule has 0 amide bonds. The van der Waals surface area contributed by atoms with Crippen LogP contribution in [0.2, 0.25) is 0 Å². The highest BCUT2D eigenvalue weighted by Gasteiger charge is 2.44. The zero-order valence-electron chi connectivity index (χ0n) is 22.7. The highest BCUT2D eigenvalue weighted by molar-refractivity contribution is 6.29. The first-order valence-electron chi connectivity index (χ1n) is 12.5. The molecule has 244 valence electrons. The maximum absolute atomic E-state index is 14.3. The second kappa shape index (κ2) is 11.4. The van der Waals surface area contributed by atoms with Gasteiger partial charge in [-0.1, -0.05) is 24.3 Å². The minimum absolute atomic E-state index is 0.433. The molecule has 0 aliphatic heterocycles. The second-order valence-electron chi connectivity index (χ2n) is 9.50. The zero-order valence-corrected chi connectivity index (χ0v) is 22.7. The summed E-state index contributed by atoms with van der Waals surface area (Å²) in [4.78, 5) is 21.2. The molecule has 2 aromatic heterocycles. The summed E-state index contributed by atoms with van der Waals surface area (Å²) < 4.78 is 164. The molecule has 0 unspecified atom stereocenters. The smallest absolute Gasteiger partial charge is 0.241 e. The Morgan fingerprint density at radius 3 is 0.958 bits per heavy atom. The Bertz CT molecular complexity index is 1930. The average Bonchev–Trinajstić information content (AvgIpc) is 3.00. The molecule has 0 fully saturated rings. The number of benzene rings is 2. The number of fused-ring (bicyclic) bond motifs is 2. The van der Waals surface area contributed by atoms with Gasteiger partial charge in [-0.25, -0.2) is 19.9 Å². The van der Waals surface area contributed by atoms with E-state index in [0.717, 1.165) is 0 Å². The van der Waals surface area contributed by atoms with Gasteiger partial charge in [0.05, 0.1) is 11.1 Å². The van der Waals surface area contributed by atoms with Gasteiger partial charge >= 0.3 is 24.7 Å². The van der Waals surface area contributed by atoms with Gasteiger partial charge in [0.2, 0.25) is 12.4 Å². The average molecular weight is 684 g/mol. The molecule has 0 bridgehead atoms. The van der Waals surface area contributed by atoms with Crippen molar-refractivity contribution in [2.75, 3.05) is 0 Å². The van der Waals surface area contributed by atoms with E-state index < -0.39 is 104 Å². The summed E-state index contributed by atoms with van der Waals surface area (Å²) >= 11 is 0. The molecule has 48 heavy (non-hydrogen) atoms. The minimum atomic E-state index is -5.39. The summed E-state index contributed by atoms with van der Waals surface area (Å²) in [6, 6.07) is 4.21. The maximum atomic E-state index is 14.3. The highest BCUT2D eigenvalue weighted by Crippen LogP contribution is 2.41. The number of nitrogens with zero attached hydrogens (tertiary/aromatic N) is 8. The molecule has 5 rings (SSSR count). The van der Waals surface area contributed by atoms with E-state index in [-0.39, 0.29) is 0 Å². The normalized spacial score (nSPS) is 15.1. The fourth-order valence-electron chi connectivity index (χ4n) is 4.50. The monoisotopic (exact) mass is 684 g/mol. The van der Waals surface area contributed by atoms with E-state index in [1.807, 2.05) is 0 Å². The molecule has 1 aliphatic rings. The van der Waals surface area contributed by atoms with Crippen LogP contribution in [-0.4, -0.2) is 31.4 Å². The number of rotatable bonds is 2. The SMILES string of the molecule is N#CN=C1c2nc(-c3ccc(C(F)(F)F)cc3)c(C(F)(F)F)nc2C(=NC#N)c2nc(-c3ccc(C(F)(F)F)cc3)c(C(F)(F)F)nc21. The molecule has 1 aliphatic carbocycles. The topological polar surface area (TPSA) is 124 Å². The van der Waals surface area contributed by atoms with Gasteiger partial charge in [0.25, 0.3) is 0 Å². The lowest BCUT2D eigenvalue weighted by molar-refractivity contribution is -0.141. The van der Waals surface area contributed by atoms with E-state index in [2.05, 4.69) is 29.9 Å². The summed E-state index contributed by atoms with van der Waals surface area (Å²) in [5.74, 6) is 0. The Labute approximate surface area is 258 Å². The number of hydrogen-bond acceptors (Lipinski definition) is 8. The Hall–Kier alpha value is -5.92. The zero-order chi connectivity index (χ0) is 35.4. The number of aromatic nitrogens is 4. The third-order valence-electron chi connectivity index (χ3n) is 6.52. The standard InChI is InChI=1S/C28H8F12N8/c29-25(30,31)13-5-1-11(2-6-13)15-23(27(35,36)37)47-21-18(44-10-42)20-22(17(43-9-41)19(21)45-15)48-24(28(38,39)40)16(46-20)12-3-7-14(8-4-12)26(32,33)34/h1-8H. The predicted molar refractivity (Wildman–Crippen MR) is 137 cm³/mol. The van der Waals surface area contributed by atoms with E-state index in [1.54, 1.807) is 0 Å². The van der Waals surface area contributed by atoms with E-state index in [0.29, 0.717) is 48.5 Å². The van der Waals surface area contributed by atoms with Crippen LogP contribution in [0, 0.1) is 22.9 Å². The molecular weight excluding hydrogens is 676 g/mol. The number of hydrogen-bond donors (Lipinski definition) is 0. The molecule has 2 heterocycles. The summed E-state index contributed by atoms with van der Waals surface area (Å²) in [6.07, 6.45) is -18.1. The number of nitriles is 2. The van der Waals surface area contributed by atoms with Crippen LogP contribution in [0.5, 0.6) is 0 Å². The van der Waals surface area contributed by atoms with E-state index in [4.69, 9.17) is 0 Å². The van der Waals surface area contributed by atoms with Gasteiger partial charge in [-0.3, -0.25) is 0 Å². The van der Waals surface area contributed by atoms with Crippen LogP contribution in [0.3, 0.4) is 0 Å². The molecule has 0 atom stereocenters. The molecule has 0 spiro atoms. The first-order valence-corrected chi connectivity index (χ1v) is 12.5. The minimum Gasteiger partial charge on any atom is -0.241 e. The second-order valence-corrected chi connectivity index (χ2v) is 9.50. The molecular formula is C28H8F12N8. The van der Waals surface area contributed by atoms with Gasteiger partial charge in [0.15, 0.2) is 11.4 Å². The summed E-state index contributed by atoms with van der Waals surface area (Å²) in [6.45, 7) is 0. The third-order valence-corrected chi connectivity index (χ3v) is 6.52. The van der Waals surface area contributed by atoms with Crippen molar-refractivity contribution in [3.63, 3.8) is 0 Å². The maximum Gasteiger partial charge on any atom is 0.435 e. The first kappa shape index (κ1) is 33.4. The van der Waals surface area contributed by atoms with Crippen LogP contribution in [0.1, 0.15) is 45.3 Å². The lowest BCUT2D eigenvalue weighted by atomic mass is 9.93.